The summed E-state index contributed by atoms with van der Waals surface area (Å²) in [6.45, 7) is 1.84. The second kappa shape index (κ2) is 6.39. The number of hydrogen-bond donors (Lipinski definition) is 1. The lowest BCUT2D eigenvalue weighted by Gasteiger charge is -2.15. The number of halogens is 2. The van der Waals surface area contributed by atoms with Gasteiger partial charge in [-0.2, -0.15) is 0 Å². The van der Waals surface area contributed by atoms with E-state index in [1.54, 1.807) is 4.90 Å². The Balaban J connectivity index is 1.77. The molecule has 0 aromatic heterocycles. The van der Waals surface area contributed by atoms with Gasteiger partial charge in [-0.05, 0) is 23.8 Å². The number of carbonyl (C=O) groups excluding carboxylic acids is 2. The minimum absolute atomic E-state index is 0.0363. The second-order valence-corrected chi connectivity index (χ2v) is 5.73. The number of fused-ring (bicyclic) bond motifs is 1. The van der Waals surface area contributed by atoms with Gasteiger partial charge < -0.3 is 10.2 Å². The Hall–Kier alpha value is -2.76. The zero-order valence-corrected chi connectivity index (χ0v) is 13.1. The van der Waals surface area contributed by atoms with Gasteiger partial charge in [0, 0.05) is 31.5 Å². The van der Waals surface area contributed by atoms with E-state index in [0.717, 1.165) is 23.4 Å². The molecule has 0 aliphatic carbocycles. The fourth-order valence-corrected chi connectivity index (χ4v) is 3.00. The van der Waals surface area contributed by atoms with Crippen LogP contribution in [0.15, 0.2) is 42.5 Å². The Morgan fingerprint density at radius 2 is 1.79 bits per heavy atom. The van der Waals surface area contributed by atoms with Gasteiger partial charge >= 0.3 is 0 Å². The van der Waals surface area contributed by atoms with Gasteiger partial charge in [-0.25, -0.2) is 8.78 Å². The molecule has 2 aromatic rings. The molecule has 0 saturated carbocycles. The largest absolute Gasteiger partial charge is 0.321 e. The van der Waals surface area contributed by atoms with Gasteiger partial charge in [-0.3, -0.25) is 9.59 Å². The van der Waals surface area contributed by atoms with Crippen molar-refractivity contribution >= 4 is 23.2 Å². The third kappa shape index (κ3) is 2.99. The van der Waals surface area contributed by atoms with Crippen LogP contribution < -0.4 is 10.2 Å². The molecule has 2 aromatic carbocycles. The number of nitrogens with zero attached hydrogens (tertiary/aromatic N) is 1. The highest BCUT2D eigenvalue weighted by Crippen LogP contribution is 2.38. The minimum Gasteiger partial charge on any atom is -0.321 e. The maximum Gasteiger partial charge on any atom is 0.225 e. The Morgan fingerprint density at radius 3 is 2.46 bits per heavy atom. The van der Waals surface area contributed by atoms with Crippen LogP contribution in [-0.4, -0.2) is 18.4 Å². The molecule has 1 aliphatic rings. The molecule has 6 heteroatoms. The van der Waals surface area contributed by atoms with E-state index in [9.17, 15) is 18.4 Å². The summed E-state index contributed by atoms with van der Waals surface area (Å²) < 4.78 is 27.2. The monoisotopic (exact) mass is 330 g/mol. The molecule has 24 heavy (non-hydrogen) atoms. The highest BCUT2D eigenvalue weighted by atomic mass is 19.1. The van der Waals surface area contributed by atoms with Gasteiger partial charge in [0.05, 0.1) is 0 Å². The molecule has 124 valence electrons. The number of para-hydroxylation sites is 2. The van der Waals surface area contributed by atoms with Crippen molar-refractivity contribution in [1.29, 1.82) is 0 Å². The molecule has 0 spiro atoms. The van der Waals surface area contributed by atoms with Gasteiger partial charge in [0.2, 0.25) is 11.8 Å². The summed E-state index contributed by atoms with van der Waals surface area (Å²) in [5.74, 6) is -2.45. The van der Waals surface area contributed by atoms with E-state index >= 15 is 0 Å². The zero-order chi connectivity index (χ0) is 17.3. The lowest BCUT2D eigenvalue weighted by Crippen LogP contribution is -2.28. The average molecular weight is 330 g/mol. The van der Waals surface area contributed by atoms with Crippen LogP contribution in [0.1, 0.15) is 24.8 Å². The van der Waals surface area contributed by atoms with Crippen LogP contribution in [0.25, 0.3) is 0 Å². The number of rotatable bonds is 3. The van der Waals surface area contributed by atoms with Crippen molar-refractivity contribution in [3.8, 4) is 0 Å². The number of hydrogen-bond acceptors (Lipinski definition) is 2. The molecule has 1 atom stereocenters. The topological polar surface area (TPSA) is 49.4 Å². The highest BCUT2D eigenvalue weighted by Gasteiger charge is 2.32. The predicted molar refractivity (Wildman–Crippen MR) is 86.8 cm³/mol. The maximum absolute atomic E-state index is 13.6. The van der Waals surface area contributed by atoms with E-state index in [0.29, 0.717) is 6.54 Å². The van der Waals surface area contributed by atoms with Crippen LogP contribution in [0.5, 0.6) is 0 Å². The standard InChI is InChI=1S/C18H16F2N2O2/c1-11(23)22-10-12(13-5-2-3-8-16(13)22)9-17(24)21-18-14(19)6-4-7-15(18)20/h2-8,12H,9-10H2,1H3,(H,21,24). The van der Waals surface area contributed by atoms with E-state index in [-0.39, 0.29) is 18.2 Å². The summed E-state index contributed by atoms with van der Waals surface area (Å²) >= 11 is 0. The number of anilines is 2. The van der Waals surface area contributed by atoms with Gasteiger partial charge in [0.1, 0.15) is 17.3 Å². The molecule has 0 radical (unpaired) electrons. The molecule has 1 aliphatic heterocycles. The zero-order valence-electron chi connectivity index (χ0n) is 13.1. The smallest absolute Gasteiger partial charge is 0.225 e. The van der Waals surface area contributed by atoms with Crippen molar-refractivity contribution in [1.82, 2.24) is 0 Å². The van der Waals surface area contributed by atoms with Crippen LogP contribution in [0.4, 0.5) is 20.2 Å². The lowest BCUT2D eigenvalue weighted by atomic mass is 9.97. The summed E-state index contributed by atoms with van der Waals surface area (Å²) in [6.07, 6.45) is 0.0363. The average Bonchev–Trinajstić information content (AvgIpc) is 2.90. The van der Waals surface area contributed by atoms with Gasteiger partial charge in [-0.15, -0.1) is 0 Å². The summed E-state index contributed by atoms with van der Waals surface area (Å²) in [5, 5.41) is 2.29. The normalized spacial score (nSPS) is 16.0. The van der Waals surface area contributed by atoms with Gasteiger partial charge in [0.25, 0.3) is 0 Å². The van der Waals surface area contributed by atoms with E-state index in [2.05, 4.69) is 5.32 Å². The fraction of sp³-hybridized carbons (Fsp3) is 0.222. The Labute approximate surface area is 138 Å². The molecule has 1 heterocycles. The Kier molecular flexibility index (Phi) is 4.29. The number of nitrogens with one attached hydrogen (secondary N) is 1. The van der Waals surface area contributed by atoms with Crippen molar-refractivity contribution < 1.29 is 18.4 Å². The fourth-order valence-electron chi connectivity index (χ4n) is 3.00. The van der Waals surface area contributed by atoms with Crippen LogP contribution in [0, 0.1) is 11.6 Å². The molecule has 2 amide bonds. The highest BCUT2D eigenvalue weighted by molar-refractivity contribution is 5.96. The van der Waals surface area contributed by atoms with Crippen molar-refractivity contribution in [3.63, 3.8) is 0 Å². The first kappa shape index (κ1) is 16.1. The molecule has 0 saturated heterocycles. The maximum atomic E-state index is 13.6. The van der Waals surface area contributed by atoms with E-state index in [4.69, 9.17) is 0 Å². The number of carbonyl (C=O) groups is 2. The molecule has 1 N–H and O–H groups in total. The van der Waals surface area contributed by atoms with E-state index in [1.807, 2.05) is 24.3 Å². The molecule has 0 bridgehead atoms. The van der Waals surface area contributed by atoms with Crippen LogP contribution in [-0.2, 0) is 9.59 Å². The summed E-state index contributed by atoms with van der Waals surface area (Å²) in [6, 6.07) is 10.8. The molecule has 1 unspecified atom stereocenters. The van der Waals surface area contributed by atoms with Crippen LogP contribution in [0.3, 0.4) is 0 Å². The van der Waals surface area contributed by atoms with E-state index in [1.165, 1.54) is 13.0 Å². The molecule has 3 rings (SSSR count). The molecular weight excluding hydrogens is 314 g/mol. The quantitative estimate of drug-likeness (QED) is 0.937. The third-order valence-corrected chi connectivity index (χ3v) is 4.11. The minimum atomic E-state index is -0.819. The van der Waals surface area contributed by atoms with Crippen molar-refractivity contribution in [2.24, 2.45) is 0 Å². The predicted octanol–water partition coefficient (Wildman–Crippen LogP) is 3.44. The second-order valence-electron chi connectivity index (χ2n) is 5.73. The number of amides is 2. The molecule has 4 nitrogen and oxygen atoms in total. The third-order valence-electron chi connectivity index (χ3n) is 4.11. The Bertz CT molecular complexity index is 787. The van der Waals surface area contributed by atoms with Crippen molar-refractivity contribution in [2.45, 2.75) is 19.3 Å². The van der Waals surface area contributed by atoms with Gasteiger partial charge in [0.15, 0.2) is 0 Å². The molecular formula is C18H16F2N2O2. The summed E-state index contributed by atoms with van der Waals surface area (Å²) in [4.78, 5) is 25.6. The lowest BCUT2D eigenvalue weighted by molar-refractivity contribution is -0.118. The number of benzene rings is 2. The first-order valence-corrected chi connectivity index (χ1v) is 7.58. The first-order valence-electron chi connectivity index (χ1n) is 7.58. The van der Waals surface area contributed by atoms with Crippen molar-refractivity contribution in [3.05, 3.63) is 59.7 Å². The van der Waals surface area contributed by atoms with E-state index < -0.39 is 23.2 Å². The van der Waals surface area contributed by atoms with Crippen LogP contribution in [0.2, 0.25) is 0 Å². The van der Waals surface area contributed by atoms with Crippen LogP contribution >= 0.6 is 0 Å². The first-order chi connectivity index (χ1) is 11.5. The van der Waals surface area contributed by atoms with Gasteiger partial charge in [-0.1, -0.05) is 24.3 Å². The Morgan fingerprint density at radius 1 is 1.12 bits per heavy atom. The van der Waals surface area contributed by atoms with Crippen molar-refractivity contribution in [2.75, 3.05) is 16.8 Å². The summed E-state index contributed by atoms with van der Waals surface area (Å²) in [5.41, 5.74) is 1.22. The molecule has 0 fully saturated rings. The summed E-state index contributed by atoms with van der Waals surface area (Å²) in [7, 11) is 0. The SMILES string of the molecule is CC(=O)N1CC(CC(=O)Nc2c(F)cccc2F)c2ccccc21.